The lowest BCUT2D eigenvalue weighted by atomic mass is 10.2. The van der Waals surface area contributed by atoms with Gasteiger partial charge in [-0.15, -0.1) is 0 Å². The molecule has 0 saturated heterocycles. The van der Waals surface area contributed by atoms with Crippen molar-refractivity contribution in [3.63, 3.8) is 0 Å². The molecule has 130 valence electrons. The number of hydrogen-bond acceptors (Lipinski definition) is 5. The fraction of sp³-hybridized carbons (Fsp3) is 0.750. The van der Waals surface area contributed by atoms with Crippen molar-refractivity contribution in [3.8, 4) is 0 Å². The third-order valence-electron chi connectivity index (χ3n) is 3.45. The van der Waals surface area contributed by atoms with Crippen LogP contribution in [0.15, 0.2) is 0 Å². The van der Waals surface area contributed by atoms with E-state index in [2.05, 4.69) is 25.6 Å². The molecule has 11 heteroatoms. The van der Waals surface area contributed by atoms with E-state index in [4.69, 9.17) is 11.6 Å². The summed E-state index contributed by atoms with van der Waals surface area (Å²) in [5.74, 6) is -3.26. The van der Waals surface area contributed by atoms with E-state index in [1.165, 1.54) is 6.92 Å². The fourth-order valence-corrected chi connectivity index (χ4v) is 2.47. The van der Waals surface area contributed by atoms with Gasteiger partial charge in [0, 0.05) is 18.9 Å². The molecule has 1 aromatic rings. The van der Waals surface area contributed by atoms with Crippen LogP contribution in [0.4, 0.5) is 33.8 Å². The second-order valence-corrected chi connectivity index (χ2v) is 5.68. The smallest absolute Gasteiger partial charge is 0.351 e. The van der Waals surface area contributed by atoms with Crippen LogP contribution in [0.5, 0.6) is 0 Å². The highest BCUT2D eigenvalue weighted by Crippen LogP contribution is 2.36. The Hall–Kier alpha value is -1.45. The molecule has 23 heavy (non-hydrogen) atoms. The van der Waals surface area contributed by atoms with Crippen molar-refractivity contribution in [2.45, 2.75) is 56.8 Å². The van der Waals surface area contributed by atoms with Crippen molar-refractivity contribution >= 4 is 23.5 Å². The number of rotatable bonds is 5. The van der Waals surface area contributed by atoms with E-state index in [1.807, 2.05) is 0 Å². The first-order valence-electron chi connectivity index (χ1n) is 6.98. The van der Waals surface area contributed by atoms with Crippen LogP contribution in [-0.4, -0.2) is 39.1 Å². The molecule has 1 fully saturated rings. The Morgan fingerprint density at radius 1 is 1.26 bits per heavy atom. The SMILES string of the molecule is CC[C@@H](Nc1nc(Cl)nc(N[C@@H]2CCC(F)(F)C2)n1)C(F)(F)F. The number of nitrogens with one attached hydrogen (secondary N) is 2. The highest BCUT2D eigenvalue weighted by atomic mass is 35.5. The molecule has 5 nitrogen and oxygen atoms in total. The average Bonchev–Trinajstić information content (AvgIpc) is 2.73. The summed E-state index contributed by atoms with van der Waals surface area (Å²) in [5.41, 5.74) is 0. The minimum absolute atomic E-state index is 0.132. The predicted molar refractivity (Wildman–Crippen MR) is 74.8 cm³/mol. The summed E-state index contributed by atoms with van der Waals surface area (Å²) in [4.78, 5) is 11.1. The molecule has 1 heterocycles. The van der Waals surface area contributed by atoms with Crippen LogP contribution in [0.1, 0.15) is 32.6 Å². The first kappa shape index (κ1) is 17.9. The maximum atomic E-state index is 13.1. The summed E-state index contributed by atoms with van der Waals surface area (Å²) < 4.78 is 64.6. The van der Waals surface area contributed by atoms with Gasteiger partial charge < -0.3 is 10.6 Å². The molecule has 0 radical (unpaired) electrons. The Bertz CT molecular complexity index is 553. The highest BCUT2D eigenvalue weighted by molar-refractivity contribution is 6.28. The van der Waals surface area contributed by atoms with Gasteiger partial charge in [0.1, 0.15) is 6.04 Å². The van der Waals surface area contributed by atoms with Gasteiger partial charge in [0.2, 0.25) is 23.1 Å². The summed E-state index contributed by atoms with van der Waals surface area (Å²) in [6.07, 6.45) is -5.15. The molecular formula is C12H15ClF5N5. The predicted octanol–water partition coefficient (Wildman–Crippen LogP) is 3.88. The van der Waals surface area contributed by atoms with Crippen LogP contribution in [0.25, 0.3) is 0 Å². The summed E-state index contributed by atoms with van der Waals surface area (Å²) in [7, 11) is 0. The van der Waals surface area contributed by atoms with Crippen molar-refractivity contribution in [3.05, 3.63) is 5.28 Å². The summed E-state index contributed by atoms with van der Waals surface area (Å²) in [5, 5.41) is 4.46. The number of alkyl halides is 5. The first-order chi connectivity index (χ1) is 10.6. The standard InChI is InChI=1S/C12H15ClF5N5/c1-2-7(12(16,17)18)20-10-22-8(13)21-9(23-10)19-6-3-4-11(14,15)5-6/h6-7H,2-5H2,1H3,(H2,19,20,21,22,23)/t6-,7-/m1/s1. The molecule has 1 aliphatic rings. The van der Waals surface area contributed by atoms with E-state index in [0.29, 0.717) is 0 Å². The maximum Gasteiger partial charge on any atom is 0.408 e. The van der Waals surface area contributed by atoms with Crippen LogP contribution < -0.4 is 10.6 Å². The summed E-state index contributed by atoms with van der Waals surface area (Å²) >= 11 is 5.66. The van der Waals surface area contributed by atoms with Gasteiger partial charge in [-0.25, -0.2) is 8.78 Å². The van der Waals surface area contributed by atoms with Gasteiger partial charge in [0.25, 0.3) is 0 Å². The second kappa shape index (κ2) is 6.58. The molecular weight excluding hydrogens is 345 g/mol. The van der Waals surface area contributed by atoms with Crippen molar-refractivity contribution in [1.82, 2.24) is 15.0 Å². The topological polar surface area (TPSA) is 62.7 Å². The van der Waals surface area contributed by atoms with Crippen LogP contribution in [0, 0.1) is 0 Å². The lowest BCUT2D eigenvalue weighted by molar-refractivity contribution is -0.143. The van der Waals surface area contributed by atoms with E-state index in [-0.39, 0.29) is 42.9 Å². The lowest BCUT2D eigenvalue weighted by Gasteiger charge is -2.20. The van der Waals surface area contributed by atoms with Crippen molar-refractivity contribution in [1.29, 1.82) is 0 Å². The normalized spacial score (nSPS) is 22.0. The Kier molecular flexibility index (Phi) is 5.12. The molecule has 2 rings (SSSR count). The fourth-order valence-electron chi connectivity index (χ4n) is 2.31. The zero-order valence-corrected chi connectivity index (χ0v) is 12.8. The van der Waals surface area contributed by atoms with E-state index in [9.17, 15) is 22.0 Å². The molecule has 2 atom stereocenters. The lowest BCUT2D eigenvalue weighted by Crippen LogP contribution is -2.36. The molecule has 1 aliphatic carbocycles. The number of aromatic nitrogens is 3. The maximum absolute atomic E-state index is 13.1. The molecule has 0 aromatic carbocycles. The zero-order valence-electron chi connectivity index (χ0n) is 12.1. The number of nitrogens with zero attached hydrogens (tertiary/aromatic N) is 3. The van der Waals surface area contributed by atoms with E-state index in [1.54, 1.807) is 0 Å². The van der Waals surface area contributed by atoms with Gasteiger partial charge in [0.15, 0.2) is 0 Å². The van der Waals surface area contributed by atoms with E-state index < -0.39 is 24.2 Å². The quantitative estimate of drug-likeness (QED) is 0.781. The molecule has 0 aliphatic heterocycles. The summed E-state index contributed by atoms with van der Waals surface area (Å²) in [6, 6.07) is -2.41. The van der Waals surface area contributed by atoms with Gasteiger partial charge >= 0.3 is 6.18 Å². The van der Waals surface area contributed by atoms with Crippen molar-refractivity contribution in [2.75, 3.05) is 10.6 Å². The highest BCUT2D eigenvalue weighted by Gasteiger charge is 2.40. The zero-order chi connectivity index (χ0) is 17.3. The monoisotopic (exact) mass is 359 g/mol. The number of hydrogen-bond donors (Lipinski definition) is 2. The minimum atomic E-state index is -4.48. The number of anilines is 2. The molecule has 0 bridgehead atoms. The minimum Gasteiger partial charge on any atom is -0.351 e. The van der Waals surface area contributed by atoms with E-state index >= 15 is 0 Å². The Labute approximate surface area is 134 Å². The Morgan fingerprint density at radius 3 is 2.43 bits per heavy atom. The molecule has 1 aromatic heterocycles. The molecule has 2 N–H and O–H groups in total. The second-order valence-electron chi connectivity index (χ2n) is 5.34. The Morgan fingerprint density at radius 2 is 1.91 bits per heavy atom. The van der Waals surface area contributed by atoms with E-state index in [0.717, 1.165) is 0 Å². The molecule has 0 unspecified atom stereocenters. The van der Waals surface area contributed by atoms with Gasteiger partial charge in [-0.3, -0.25) is 0 Å². The van der Waals surface area contributed by atoms with Crippen molar-refractivity contribution < 1.29 is 22.0 Å². The third kappa shape index (κ3) is 5.02. The molecule has 0 amide bonds. The largest absolute Gasteiger partial charge is 0.408 e. The number of halogens is 6. The Balaban J connectivity index is 2.10. The van der Waals surface area contributed by atoms with Gasteiger partial charge in [-0.2, -0.15) is 28.1 Å². The first-order valence-corrected chi connectivity index (χ1v) is 7.36. The van der Waals surface area contributed by atoms with Crippen molar-refractivity contribution in [2.24, 2.45) is 0 Å². The van der Waals surface area contributed by atoms with Crippen LogP contribution in [-0.2, 0) is 0 Å². The molecule has 0 spiro atoms. The third-order valence-corrected chi connectivity index (χ3v) is 3.62. The van der Waals surface area contributed by atoms with Gasteiger partial charge in [0.05, 0.1) is 0 Å². The van der Waals surface area contributed by atoms with Gasteiger partial charge in [-0.1, -0.05) is 6.92 Å². The van der Waals surface area contributed by atoms with Crippen LogP contribution in [0.2, 0.25) is 5.28 Å². The average molecular weight is 360 g/mol. The van der Waals surface area contributed by atoms with Crippen LogP contribution in [0.3, 0.4) is 0 Å². The van der Waals surface area contributed by atoms with Gasteiger partial charge in [-0.05, 0) is 24.4 Å². The van der Waals surface area contributed by atoms with Crippen LogP contribution >= 0.6 is 11.6 Å². The summed E-state index contributed by atoms with van der Waals surface area (Å²) in [6.45, 7) is 1.35. The molecule has 1 saturated carbocycles.